The number of rotatable bonds is 1. The molecule has 1 aliphatic rings. The van der Waals surface area contributed by atoms with Crippen molar-refractivity contribution in [3.05, 3.63) is 17.4 Å². The minimum Gasteiger partial charge on any atom is -0.296 e. The molecule has 0 saturated carbocycles. The van der Waals surface area contributed by atoms with Gasteiger partial charge in [-0.3, -0.25) is 5.32 Å². The van der Waals surface area contributed by atoms with E-state index in [1.807, 2.05) is 10.7 Å². The van der Waals surface area contributed by atoms with E-state index in [0.29, 0.717) is 6.17 Å². The van der Waals surface area contributed by atoms with Gasteiger partial charge in [-0.05, 0) is 31.9 Å². The van der Waals surface area contributed by atoms with Gasteiger partial charge < -0.3 is 0 Å². The second-order valence-corrected chi connectivity index (χ2v) is 3.45. The van der Waals surface area contributed by atoms with Crippen molar-refractivity contribution in [1.29, 1.82) is 0 Å². The molecule has 1 unspecified atom stereocenters. The number of piperidine rings is 1. The second kappa shape index (κ2) is 3.46. The van der Waals surface area contributed by atoms with Crippen molar-refractivity contribution in [1.82, 2.24) is 15.1 Å². The lowest BCUT2D eigenvalue weighted by Gasteiger charge is -2.24. The number of nitrogens with zero attached hydrogens (tertiary/aromatic N) is 2. The predicted molar refractivity (Wildman–Crippen MR) is 48.1 cm³/mol. The number of hydrogen-bond donors (Lipinski definition) is 1. The van der Waals surface area contributed by atoms with E-state index in [0.717, 1.165) is 18.1 Å². The Hall–Kier alpha value is -0.540. The SMILES string of the molecule is Clc1ccnn1C1CCCCN1. The van der Waals surface area contributed by atoms with Gasteiger partial charge >= 0.3 is 0 Å². The Balaban J connectivity index is 2.13. The Morgan fingerprint density at radius 1 is 1.58 bits per heavy atom. The van der Waals surface area contributed by atoms with E-state index >= 15 is 0 Å². The van der Waals surface area contributed by atoms with Crippen LogP contribution in [0.15, 0.2) is 12.3 Å². The van der Waals surface area contributed by atoms with Gasteiger partial charge in [0.25, 0.3) is 0 Å². The molecule has 2 rings (SSSR count). The van der Waals surface area contributed by atoms with Crippen LogP contribution >= 0.6 is 11.6 Å². The van der Waals surface area contributed by atoms with Crippen molar-refractivity contribution in [2.24, 2.45) is 0 Å². The van der Waals surface area contributed by atoms with Crippen molar-refractivity contribution in [2.45, 2.75) is 25.4 Å². The van der Waals surface area contributed by atoms with Crippen LogP contribution in [0.3, 0.4) is 0 Å². The molecule has 4 heteroatoms. The normalized spacial score (nSPS) is 24.2. The molecule has 0 amide bonds. The molecule has 2 heterocycles. The van der Waals surface area contributed by atoms with Gasteiger partial charge in [0, 0.05) is 0 Å². The van der Waals surface area contributed by atoms with Crippen LogP contribution in [0, 0.1) is 0 Å². The van der Waals surface area contributed by atoms with Gasteiger partial charge in [-0.25, -0.2) is 4.68 Å². The molecule has 1 aromatic heterocycles. The lowest BCUT2D eigenvalue weighted by atomic mass is 10.1. The average molecular weight is 186 g/mol. The van der Waals surface area contributed by atoms with Gasteiger partial charge in [0.15, 0.2) is 0 Å². The molecule has 12 heavy (non-hydrogen) atoms. The summed E-state index contributed by atoms with van der Waals surface area (Å²) in [7, 11) is 0. The Bertz CT molecular complexity index is 253. The Labute approximate surface area is 76.7 Å². The molecule has 0 bridgehead atoms. The van der Waals surface area contributed by atoms with E-state index in [2.05, 4.69) is 10.4 Å². The molecule has 1 atom stereocenters. The van der Waals surface area contributed by atoms with Crippen LogP contribution in [-0.4, -0.2) is 16.3 Å². The summed E-state index contributed by atoms with van der Waals surface area (Å²) < 4.78 is 1.85. The van der Waals surface area contributed by atoms with Gasteiger partial charge in [-0.15, -0.1) is 0 Å². The van der Waals surface area contributed by atoms with Crippen LogP contribution in [0.1, 0.15) is 25.4 Å². The Kier molecular flexibility index (Phi) is 2.33. The fourth-order valence-electron chi connectivity index (χ4n) is 1.57. The molecule has 66 valence electrons. The van der Waals surface area contributed by atoms with Crippen LogP contribution in [0.4, 0.5) is 0 Å². The molecule has 1 N–H and O–H groups in total. The van der Waals surface area contributed by atoms with Gasteiger partial charge in [0.2, 0.25) is 0 Å². The van der Waals surface area contributed by atoms with E-state index in [9.17, 15) is 0 Å². The Morgan fingerprint density at radius 3 is 3.08 bits per heavy atom. The third kappa shape index (κ3) is 1.47. The largest absolute Gasteiger partial charge is 0.296 e. The average Bonchev–Trinajstić information content (AvgIpc) is 2.53. The lowest BCUT2D eigenvalue weighted by molar-refractivity contribution is 0.298. The van der Waals surface area contributed by atoms with Crippen LogP contribution in [0.2, 0.25) is 5.15 Å². The molecule has 1 aromatic rings. The highest BCUT2D eigenvalue weighted by atomic mass is 35.5. The molecule has 1 saturated heterocycles. The summed E-state index contributed by atoms with van der Waals surface area (Å²) in [5.74, 6) is 0. The number of hydrogen-bond acceptors (Lipinski definition) is 2. The highest BCUT2D eigenvalue weighted by Gasteiger charge is 2.16. The first-order valence-corrected chi connectivity index (χ1v) is 4.68. The third-order valence-electron chi connectivity index (χ3n) is 2.20. The fraction of sp³-hybridized carbons (Fsp3) is 0.625. The summed E-state index contributed by atoms with van der Waals surface area (Å²) in [4.78, 5) is 0. The Morgan fingerprint density at radius 2 is 2.50 bits per heavy atom. The molecular weight excluding hydrogens is 174 g/mol. The van der Waals surface area contributed by atoms with Crippen molar-refractivity contribution in [3.63, 3.8) is 0 Å². The van der Waals surface area contributed by atoms with E-state index in [4.69, 9.17) is 11.6 Å². The number of halogens is 1. The summed E-state index contributed by atoms with van der Waals surface area (Å²) in [6, 6.07) is 1.82. The maximum atomic E-state index is 5.93. The topological polar surface area (TPSA) is 29.9 Å². The molecule has 3 nitrogen and oxygen atoms in total. The minimum absolute atomic E-state index is 0.307. The summed E-state index contributed by atoms with van der Waals surface area (Å²) >= 11 is 5.93. The number of nitrogens with one attached hydrogen (secondary N) is 1. The van der Waals surface area contributed by atoms with E-state index in [1.54, 1.807) is 6.20 Å². The summed E-state index contributed by atoms with van der Waals surface area (Å²) in [6.45, 7) is 1.07. The third-order valence-corrected chi connectivity index (χ3v) is 2.50. The molecule has 0 radical (unpaired) electrons. The van der Waals surface area contributed by atoms with Crippen molar-refractivity contribution < 1.29 is 0 Å². The predicted octanol–water partition coefficient (Wildman–Crippen LogP) is 1.81. The standard InChI is InChI=1S/C8H12ClN3/c9-7-4-6-11-12(7)8-3-1-2-5-10-8/h4,6,8,10H,1-3,5H2. The van der Waals surface area contributed by atoms with Gasteiger partial charge in [0.1, 0.15) is 11.3 Å². The van der Waals surface area contributed by atoms with Crippen LogP contribution < -0.4 is 5.32 Å². The fourth-order valence-corrected chi connectivity index (χ4v) is 1.79. The van der Waals surface area contributed by atoms with Crippen LogP contribution in [-0.2, 0) is 0 Å². The van der Waals surface area contributed by atoms with Gasteiger partial charge in [0.05, 0.1) is 6.20 Å². The smallest absolute Gasteiger partial charge is 0.128 e. The van der Waals surface area contributed by atoms with E-state index < -0.39 is 0 Å². The first-order valence-electron chi connectivity index (χ1n) is 4.30. The molecule has 0 aromatic carbocycles. The van der Waals surface area contributed by atoms with E-state index in [-0.39, 0.29) is 0 Å². The molecule has 1 fully saturated rings. The highest BCUT2D eigenvalue weighted by molar-refractivity contribution is 6.29. The first kappa shape index (κ1) is 8.08. The highest BCUT2D eigenvalue weighted by Crippen LogP contribution is 2.19. The molecule has 0 aliphatic carbocycles. The molecular formula is C8H12ClN3. The monoisotopic (exact) mass is 185 g/mol. The minimum atomic E-state index is 0.307. The maximum Gasteiger partial charge on any atom is 0.128 e. The zero-order valence-corrected chi connectivity index (χ0v) is 7.59. The van der Waals surface area contributed by atoms with Gasteiger partial charge in [-0.1, -0.05) is 11.6 Å². The van der Waals surface area contributed by atoms with Crippen molar-refractivity contribution >= 4 is 11.6 Å². The maximum absolute atomic E-state index is 5.93. The molecule has 0 spiro atoms. The summed E-state index contributed by atoms with van der Waals surface area (Å²) in [6.07, 6.45) is 5.68. The zero-order valence-electron chi connectivity index (χ0n) is 6.83. The lowest BCUT2D eigenvalue weighted by Crippen LogP contribution is -2.31. The summed E-state index contributed by atoms with van der Waals surface area (Å²) in [5.41, 5.74) is 0. The van der Waals surface area contributed by atoms with Gasteiger partial charge in [-0.2, -0.15) is 5.10 Å². The zero-order chi connectivity index (χ0) is 8.39. The van der Waals surface area contributed by atoms with E-state index in [1.165, 1.54) is 12.8 Å². The number of aromatic nitrogens is 2. The van der Waals surface area contributed by atoms with Crippen molar-refractivity contribution in [2.75, 3.05) is 6.54 Å². The van der Waals surface area contributed by atoms with Crippen molar-refractivity contribution in [3.8, 4) is 0 Å². The van der Waals surface area contributed by atoms with Crippen LogP contribution in [0.5, 0.6) is 0 Å². The first-order chi connectivity index (χ1) is 5.88. The second-order valence-electron chi connectivity index (χ2n) is 3.06. The molecule has 1 aliphatic heterocycles. The quantitative estimate of drug-likeness (QED) is 0.723. The summed E-state index contributed by atoms with van der Waals surface area (Å²) in [5, 5.41) is 8.26. The van der Waals surface area contributed by atoms with Crippen LogP contribution in [0.25, 0.3) is 0 Å².